The smallest absolute Gasteiger partial charge is 0.227 e. The maximum Gasteiger partial charge on any atom is 0.227 e. The molecule has 4 heteroatoms. The first-order valence-corrected chi connectivity index (χ1v) is 7.58. The monoisotopic (exact) mass is 290 g/mol. The quantitative estimate of drug-likeness (QED) is 0.790. The van der Waals surface area contributed by atoms with Gasteiger partial charge in [0.1, 0.15) is 0 Å². The predicted molar refractivity (Wildman–Crippen MR) is 83.4 cm³/mol. The summed E-state index contributed by atoms with van der Waals surface area (Å²) in [5, 5.41) is 3.16. The van der Waals surface area contributed by atoms with E-state index in [1.54, 1.807) is 0 Å². The third kappa shape index (κ3) is 4.64. The van der Waals surface area contributed by atoms with Gasteiger partial charge in [-0.1, -0.05) is 40.0 Å². The van der Waals surface area contributed by atoms with Gasteiger partial charge >= 0.3 is 0 Å². The highest BCUT2D eigenvalue weighted by Crippen LogP contribution is 2.30. The van der Waals surface area contributed by atoms with Crippen LogP contribution >= 0.6 is 12.4 Å². The highest BCUT2D eigenvalue weighted by Gasteiger charge is 2.33. The fraction of sp³-hybridized carbons (Fsp3) is 0.933. The molecule has 1 amide bonds. The summed E-state index contributed by atoms with van der Waals surface area (Å²) < 4.78 is 0. The van der Waals surface area contributed by atoms with Crippen LogP contribution in [0.4, 0.5) is 0 Å². The van der Waals surface area contributed by atoms with Gasteiger partial charge in [0.05, 0.1) is 5.41 Å². The number of nitrogens with one attached hydrogen (secondary N) is 1. The Morgan fingerprint density at radius 3 is 2.32 bits per heavy atom. The Labute approximate surface area is 124 Å². The average molecular weight is 291 g/mol. The predicted octanol–water partition coefficient (Wildman–Crippen LogP) is 3.12. The van der Waals surface area contributed by atoms with Crippen LogP contribution in [-0.2, 0) is 4.79 Å². The highest BCUT2D eigenvalue weighted by atomic mass is 35.5. The molecule has 1 aliphatic rings. The van der Waals surface area contributed by atoms with Crippen molar-refractivity contribution in [3.05, 3.63) is 0 Å². The number of amides is 1. The topological polar surface area (TPSA) is 55.1 Å². The van der Waals surface area contributed by atoms with E-state index in [9.17, 15) is 4.79 Å². The molecule has 0 aromatic heterocycles. The summed E-state index contributed by atoms with van der Waals surface area (Å²) in [7, 11) is 0. The van der Waals surface area contributed by atoms with E-state index in [1.807, 2.05) is 0 Å². The van der Waals surface area contributed by atoms with Crippen molar-refractivity contribution in [2.24, 2.45) is 23.0 Å². The maximum absolute atomic E-state index is 12.3. The normalized spacial score (nSPS) is 23.6. The molecule has 2 unspecified atom stereocenters. The molecule has 114 valence electrons. The lowest BCUT2D eigenvalue weighted by Gasteiger charge is -2.32. The molecular formula is C15H31ClN2O. The summed E-state index contributed by atoms with van der Waals surface area (Å²) in [5.74, 6) is 1.56. The molecule has 0 radical (unpaired) electrons. The SMILES string of the molecule is CCC(CC)(CN)C(=O)NCC1CCCCC1C.Cl. The molecule has 0 spiro atoms. The van der Waals surface area contributed by atoms with E-state index in [0.717, 1.165) is 25.3 Å². The first-order valence-electron chi connectivity index (χ1n) is 7.58. The third-order valence-electron chi connectivity index (χ3n) is 5.04. The Hall–Kier alpha value is -0.280. The van der Waals surface area contributed by atoms with Crippen molar-refractivity contribution in [2.45, 2.75) is 59.3 Å². The molecule has 0 bridgehead atoms. The lowest BCUT2D eigenvalue weighted by Crippen LogP contribution is -2.47. The van der Waals surface area contributed by atoms with Gasteiger partial charge in [0, 0.05) is 13.1 Å². The van der Waals surface area contributed by atoms with Crippen molar-refractivity contribution in [1.29, 1.82) is 0 Å². The minimum Gasteiger partial charge on any atom is -0.355 e. The number of hydrogen-bond acceptors (Lipinski definition) is 2. The molecule has 19 heavy (non-hydrogen) atoms. The summed E-state index contributed by atoms with van der Waals surface area (Å²) in [6, 6.07) is 0. The van der Waals surface area contributed by atoms with Crippen LogP contribution in [0.1, 0.15) is 59.3 Å². The van der Waals surface area contributed by atoms with Crippen LogP contribution in [0.25, 0.3) is 0 Å². The van der Waals surface area contributed by atoms with Gasteiger partial charge in [-0.15, -0.1) is 12.4 Å². The van der Waals surface area contributed by atoms with Crippen molar-refractivity contribution in [3.8, 4) is 0 Å². The minimum absolute atomic E-state index is 0. The van der Waals surface area contributed by atoms with E-state index in [2.05, 4.69) is 26.1 Å². The first-order chi connectivity index (χ1) is 8.59. The molecule has 2 atom stereocenters. The van der Waals surface area contributed by atoms with Crippen molar-refractivity contribution in [1.82, 2.24) is 5.32 Å². The van der Waals surface area contributed by atoms with E-state index < -0.39 is 0 Å². The molecule has 0 aromatic carbocycles. The number of halogens is 1. The van der Waals surface area contributed by atoms with E-state index >= 15 is 0 Å². The van der Waals surface area contributed by atoms with Crippen LogP contribution in [-0.4, -0.2) is 19.0 Å². The van der Waals surface area contributed by atoms with Gasteiger partial charge in [0.15, 0.2) is 0 Å². The van der Waals surface area contributed by atoms with Crippen LogP contribution in [0.2, 0.25) is 0 Å². The van der Waals surface area contributed by atoms with E-state index in [-0.39, 0.29) is 23.7 Å². The summed E-state index contributed by atoms with van der Waals surface area (Å²) in [6.07, 6.45) is 6.88. The number of rotatable bonds is 6. The molecule has 1 rings (SSSR count). The van der Waals surface area contributed by atoms with E-state index in [0.29, 0.717) is 12.5 Å². The zero-order valence-corrected chi connectivity index (χ0v) is 13.5. The van der Waals surface area contributed by atoms with Crippen molar-refractivity contribution in [3.63, 3.8) is 0 Å². The van der Waals surface area contributed by atoms with Crippen LogP contribution < -0.4 is 11.1 Å². The second kappa shape index (κ2) is 8.80. The van der Waals surface area contributed by atoms with Gasteiger partial charge in [0.2, 0.25) is 5.91 Å². The van der Waals surface area contributed by atoms with Crippen molar-refractivity contribution >= 4 is 18.3 Å². The molecule has 1 saturated carbocycles. The lowest BCUT2D eigenvalue weighted by atomic mass is 9.79. The lowest BCUT2D eigenvalue weighted by molar-refractivity contribution is -0.131. The standard InChI is InChI=1S/C15H30N2O.ClH/c1-4-15(5-2,11-16)14(18)17-10-13-9-7-6-8-12(13)3;/h12-13H,4-11,16H2,1-3H3,(H,17,18);1H. The first kappa shape index (κ1) is 18.7. The summed E-state index contributed by atoms with van der Waals surface area (Å²) in [5.41, 5.74) is 5.46. The zero-order chi connectivity index (χ0) is 13.6. The third-order valence-corrected chi connectivity index (χ3v) is 5.04. The molecule has 3 N–H and O–H groups in total. The molecular weight excluding hydrogens is 260 g/mol. The zero-order valence-electron chi connectivity index (χ0n) is 12.7. The van der Waals surface area contributed by atoms with Crippen molar-refractivity contribution in [2.75, 3.05) is 13.1 Å². The molecule has 1 fully saturated rings. The number of carbonyl (C=O) groups is 1. The second-order valence-corrected chi connectivity index (χ2v) is 5.92. The van der Waals surface area contributed by atoms with Crippen LogP contribution in [0.15, 0.2) is 0 Å². The van der Waals surface area contributed by atoms with Crippen LogP contribution in [0, 0.1) is 17.3 Å². The Kier molecular flexibility index (Phi) is 8.67. The van der Waals surface area contributed by atoms with Crippen LogP contribution in [0.3, 0.4) is 0 Å². The van der Waals surface area contributed by atoms with E-state index in [4.69, 9.17) is 5.73 Å². The highest BCUT2D eigenvalue weighted by molar-refractivity contribution is 5.85. The van der Waals surface area contributed by atoms with E-state index in [1.165, 1.54) is 25.7 Å². The Bertz CT molecular complexity index is 259. The summed E-state index contributed by atoms with van der Waals surface area (Å²) in [6.45, 7) is 7.71. The molecule has 0 aromatic rings. The van der Waals surface area contributed by atoms with Gasteiger partial charge in [-0.05, 0) is 31.1 Å². The van der Waals surface area contributed by atoms with Gasteiger partial charge in [-0.2, -0.15) is 0 Å². The fourth-order valence-corrected chi connectivity index (χ4v) is 3.06. The van der Waals surface area contributed by atoms with Gasteiger partial charge in [0.25, 0.3) is 0 Å². The van der Waals surface area contributed by atoms with Crippen LogP contribution in [0.5, 0.6) is 0 Å². The molecule has 1 aliphatic carbocycles. The van der Waals surface area contributed by atoms with Gasteiger partial charge < -0.3 is 11.1 Å². The second-order valence-electron chi connectivity index (χ2n) is 5.92. The summed E-state index contributed by atoms with van der Waals surface area (Å²) in [4.78, 5) is 12.3. The summed E-state index contributed by atoms with van der Waals surface area (Å²) >= 11 is 0. The molecule has 0 heterocycles. The maximum atomic E-state index is 12.3. The Morgan fingerprint density at radius 2 is 1.84 bits per heavy atom. The Morgan fingerprint density at radius 1 is 1.26 bits per heavy atom. The average Bonchev–Trinajstić information content (AvgIpc) is 2.40. The Balaban J connectivity index is 0.00000324. The minimum atomic E-state index is -0.349. The van der Waals surface area contributed by atoms with Crippen molar-refractivity contribution < 1.29 is 4.79 Å². The van der Waals surface area contributed by atoms with Gasteiger partial charge in [-0.3, -0.25) is 4.79 Å². The number of hydrogen-bond donors (Lipinski definition) is 2. The largest absolute Gasteiger partial charge is 0.355 e. The van der Waals surface area contributed by atoms with Gasteiger partial charge in [-0.25, -0.2) is 0 Å². The molecule has 0 aliphatic heterocycles. The molecule has 3 nitrogen and oxygen atoms in total. The fourth-order valence-electron chi connectivity index (χ4n) is 3.06. The number of carbonyl (C=O) groups excluding carboxylic acids is 1. The number of nitrogens with two attached hydrogens (primary N) is 1. The molecule has 0 saturated heterocycles.